The van der Waals surface area contributed by atoms with Gasteiger partial charge in [-0.05, 0) is 57.8 Å². The molecular formula is C19H37NaO13S. The molecule has 0 aliphatic carbocycles. The van der Waals surface area contributed by atoms with Gasteiger partial charge in [-0.1, -0.05) is 0 Å². The Morgan fingerprint density at radius 3 is 1.38 bits per heavy atom. The molecular weight excluding hydrogens is 491 g/mol. The predicted octanol–water partition coefficient (Wildman–Crippen LogP) is -5.74. The average molecular weight is 529 g/mol. The van der Waals surface area contributed by atoms with Crippen LogP contribution in [0.2, 0.25) is 0 Å². The zero-order valence-corrected chi connectivity index (χ0v) is 22.4. The number of carboxylic acid groups (broad SMARTS) is 3. The molecule has 13 nitrogen and oxygen atoms in total. The Balaban J connectivity index is -0.0000000819. The number of hydrogen-bond donors (Lipinski definition) is 5. The molecule has 0 aliphatic rings. The Labute approximate surface area is 224 Å². The quantitative estimate of drug-likeness (QED) is 0.0575. The largest absolute Gasteiger partial charge is 1.00 e. The van der Waals surface area contributed by atoms with Gasteiger partial charge in [-0.15, -0.1) is 0 Å². The second-order valence-corrected chi connectivity index (χ2v) is 7.80. The minimum atomic E-state index is -4.32. The normalized spacial score (nSPS) is 10.5. The van der Waals surface area contributed by atoms with Crippen LogP contribution in [0.5, 0.6) is 0 Å². The average Bonchev–Trinajstić information content (AvgIpc) is 2.68. The zero-order chi connectivity index (χ0) is 26.7. The third-order valence-electron chi connectivity index (χ3n) is 3.13. The molecule has 15 heteroatoms. The van der Waals surface area contributed by atoms with Crippen LogP contribution in [0.1, 0.15) is 65.6 Å². The van der Waals surface area contributed by atoms with Crippen molar-refractivity contribution in [3.63, 3.8) is 0 Å². The van der Waals surface area contributed by atoms with Crippen LogP contribution < -0.4 is 39.8 Å². The summed E-state index contributed by atoms with van der Waals surface area (Å²) in [6.07, 6.45) is 2.38. The smallest absolute Gasteiger partial charge is 0.748 e. The van der Waals surface area contributed by atoms with E-state index in [4.69, 9.17) is 25.5 Å². The molecule has 0 spiro atoms. The molecule has 0 bridgehead atoms. The number of carbonyl (C=O) groups excluding carboxylic acids is 2. The van der Waals surface area contributed by atoms with E-state index in [1.807, 2.05) is 0 Å². The number of carboxylic acids is 3. The summed E-state index contributed by atoms with van der Waals surface area (Å²) in [7, 11) is -4.32. The van der Waals surface area contributed by atoms with E-state index in [-0.39, 0.29) is 76.5 Å². The third-order valence-corrected chi connectivity index (χ3v) is 3.93. The fraction of sp³-hybridized carbons (Fsp3) is 0.789. The van der Waals surface area contributed by atoms with Gasteiger partial charge < -0.3 is 49.9 Å². The monoisotopic (exact) mass is 528 g/mol. The van der Waals surface area contributed by atoms with Crippen LogP contribution in [-0.2, 0) is 24.5 Å². The van der Waals surface area contributed by atoms with Gasteiger partial charge in [-0.3, -0.25) is 0 Å². The molecule has 198 valence electrons. The van der Waals surface area contributed by atoms with E-state index >= 15 is 0 Å². The van der Waals surface area contributed by atoms with Crippen molar-refractivity contribution in [1.82, 2.24) is 0 Å². The van der Waals surface area contributed by atoms with Crippen LogP contribution in [0.3, 0.4) is 0 Å². The van der Waals surface area contributed by atoms with E-state index in [9.17, 15) is 37.6 Å². The van der Waals surface area contributed by atoms with Crippen LogP contribution >= 0.6 is 0 Å². The van der Waals surface area contributed by atoms with Crippen molar-refractivity contribution >= 4 is 28.0 Å². The first-order valence-corrected chi connectivity index (χ1v) is 11.7. The molecule has 0 aliphatic heterocycles. The summed E-state index contributed by atoms with van der Waals surface area (Å²) >= 11 is 0. The number of aliphatic hydroxyl groups is 4. The Kier molecular flexibility index (Phi) is 40.6. The van der Waals surface area contributed by atoms with Gasteiger partial charge in [0.1, 0.15) is 0 Å². The maximum absolute atomic E-state index is 10.1. The maximum atomic E-state index is 10.1. The molecule has 0 rings (SSSR count). The maximum Gasteiger partial charge on any atom is 1.00 e. The SMILES string of the molecule is O=C([O-])CCCCO.O=C([O-])CCCCO.O=S(=O)([O-])CC(O)CCCCO.[CH2+]CC(=O)O.[H+].[Na+]. The minimum Gasteiger partial charge on any atom is -0.748 e. The van der Waals surface area contributed by atoms with E-state index in [0.29, 0.717) is 38.5 Å². The topological polar surface area (TPSA) is 256 Å². The van der Waals surface area contributed by atoms with Gasteiger partial charge in [0.25, 0.3) is 0 Å². The number of aliphatic hydroxyl groups excluding tert-OH is 4. The second-order valence-electron chi connectivity index (χ2n) is 6.35. The third kappa shape index (κ3) is 63.3. The summed E-state index contributed by atoms with van der Waals surface area (Å²) in [5, 5.41) is 60.7. The van der Waals surface area contributed by atoms with Crippen molar-refractivity contribution in [2.24, 2.45) is 0 Å². The summed E-state index contributed by atoms with van der Waals surface area (Å²) in [6.45, 7) is 3.22. The van der Waals surface area contributed by atoms with Gasteiger partial charge in [0, 0.05) is 31.8 Å². The number of rotatable bonds is 15. The molecule has 0 saturated carbocycles. The molecule has 0 saturated heterocycles. The van der Waals surface area contributed by atoms with E-state index in [0.717, 1.165) is 0 Å². The minimum absolute atomic E-state index is 0. The van der Waals surface area contributed by atoms with Crippen molar-refractivity contribution < 1.29 is 94.1 Å². The first-order chi connectivity index (χ1) is 15.3. The fourth-order valence-corrected chi connectivity index (χ4v) is 2.21. The van der Waals surface area contributed by atoms with Gasteiger partial charge in [0.15, 0.2) is 6.42 Å². The predicted molar refractivity (Wildman–Crippen MR) is 112 cm³/mol. The van der Waals surface area contributed by atoms with Gasteiger partial charge >= 0.3 is 37.0 Å². The van der Waals surface area contributed by atoms with Gasteiger partial charge in [-0.2, -0.15) is 0 Å². The molecule has 34 heavy (non-hydrogen) atoms. The van der Waals surface area contributed by atoms with Crippen LogP contribution in [0, 0.1) is 6.92 Å². The molecule has 0 radical (unpaired) electrons. The summed E-state index contributed by atoms with van der Waals surface area (Å²) in [4.78, 5) is 28.7. The fourth-order valence-electron chi connectivity index (χ4n) is 1.57. The summed E-state index contributed by atoms with van der Waals surface area (Å²) in [6, 6.07) is 0. The summed E-state index contributed by atoms with van der Waals surface area (Å²) in [5.41, 5.74) is 0. The summed E-state index contributed by atoms with van der Waals surface area (Å²) < 4.78 is 30.3. The number of aliphatic carboxylic acids is 3. The van der Waals surface area contributed by atoms with Crippen molar-refractivity contribution in [3.8, 4) is 0 Å². The first kappa shape index (κ1) is 43.1. The first-order valence-electron chi connectivity index (χ1n) is 10.1. The molecule has 0 aromatic heterocycles. The Hall–Kier alpha value is -0.970. The number of hydrogen-bond acceptors (Lipinski definition) is 12. The molecule has 0 amide bonds. The molecule has 0 heterocycles. The molecule has 0 aromatic rings. The van der Waals surface area contributed by atoms with Crippen molar-refractivity contribution in [2.45, 2.75) is 70.3 Å². The van der Waals surface area contributed by atoms with E-state index < -0.39 is 39.9 Å². The van der Waals surface area contributed by atoms with Gasteiger partial charge in [-0.25, -0.2) is 13.2 Å². The number of unbranched alkanes of at least 4 members (excludes halogenated alkanes) is 3. The van der Waals surface area contributed by atoms with E-state index in [1.54, 1.807) is 0 Å². The van der Waals surface area contributed by atoms with Crippen LogP contribution in [0.25, 0.3) is 0 Å². The Bertz CT molecular complexity index is 557. The standard InChI is InChI=1S/C6H14O5S.2C5H10O3.C3H4O2.Na/c7-4-2-1-3-6(8)5-12(9,10)11;2*6-4-2-1-3-5(7)8;1-2-3(4)5;/h6-8H,1-5H2,(H,9,10,11);2*6H,1-4H2,(H,7,8);1-2H2;/q;;;;+1/p-1. The van der Waals surface area contributed by atoms with Crippen molar-refractivity contribution in [3.05, 3.63) is 6.92 Å². The Morgan fingerprint density at radius 2 is 1.15 bits per heavy atom. The molecule has 5 N–H and O–H groups in total. The van der Waals surface area contributed by atoms with Crippen LogP contribution in [0.15, 0.2) is 0 Å². The molecule has 0 fully saturated rings. The summed E-state index contributed by atoms with van der Waals surface area (Å²) in [5.74, 6) is -3.68. The molecule has 1 unspecified atom stereocenters. The van der Waals surface area contributed by atoms with Crippen LogP contribution in [0.4, 0.5) is 0 Å². The van der Waals surface area contributed by atoms with E-state index in [1.165, 1.54) is 0 Å². The van der Waals surface area contributed by atoms with Crippen LogP contribution in [-0.4, -0.2) is 88.1 Å². The van der Waals surface area contributed by atoms with E-state index in [2.05, 4.69) is 6.92 Å². The Morgan fingerprint density at radius 1 is 0.824 bits per heavy atom. The van der Waals surface area contributed by atoms with Crippen molar-refractivity contribution in [2.75, 3.05) is 25.6 Å². The molecule has 1 atom stereocenters. The van der Waals surface area contributed by atoms with Gasteiger partial charge in [0.2, 0.25) is 0 Å². The van der Waals surface area contributed by atoms with Gasteiger partial charge in [0.05, 0.1) is 28.9 Å². The molecule has 0 aromatic carbocycles. The second kappa shape index (κ2) is 32.0. The number of carbonyl (C=O) groups is 3. The zero-order valence-electron chi connectivity index (χ0n) is 20.6. The van der Waals surface area contributed by atoms with Crippen molar-refractivity contribution in [1.29, 1.82) is 0 Å².